The summed E-state index contributed by atoms with van der Waals surface area (Å²) >= 11 is 9.27. The van der Waals surface area contributed by atoms with E-state index in [9.17, 15) is 8.42 Å². The van der Waals surface area contributed by atoms with E-state index in [1.807, 2.05) is 18.2 Å². The molecule has 0 unspecified atom stereocenters. The van der Waals surface area contributed by atoms with Crippen LogP contribution in [0.15, 0.2) is 39.2 Å². The highest BCUT2D eigenvalue weighted by atomic mass is 35.5. The maximum absolute atomic E-state index is 12.5. The predicted molar refractivity (Wildman–Crippen MR) is 122 cm³/mol. The second-order valence-corrected chi connectivity index (χ2v) is 11.5. The number of hydrogen-bond acceptors (Lipinski definition) is 10. The SMILES string of the molecule is CN1C(N)=N[C@](C)(c2sc(-c3nnc(-c4ccc5scnc5c4)o3)cc2Cl)CS1(=O)=O. The third-order valence-electron chi connectivity index (χ3n) is 4.95. The summed E-state index contributed by atoms with van der Waals surface area (Å²) in [5.41, 5.74) is 8.12. The fourth-order valence-corrected chi connectivity index (χ4v) is 7.08. The van der Waals surface area contributed by atoms with Crippen LogP contribution in [-0.4, -0.2) is 46.7 Å². The first-order valence-corrected chi connectivity index (χ1v) is 12.6. The van der Waals surface area contributed by atoms with E-state index in [1.165, 1.54) is 18.4 Å². The van der Waals surface area contributed by atoms with Crippen molar-refractivity contribution in [2.24, 2.45) is 10.7 Å². The van der Waals surface area contributed by atoms with Crippen LogP contribution in [0.5, 0.6) is 0 Å². The molecule has 2 N–H and O–H groups in total. The summed E-state index contributed by atoms with van der Waals surface area (Å²) in [6.45, 7) is 1.69. The Kier molecular flexibility index (Phi) is 4.59. The first kappa shape index (κ1) is 20.4. The molecule has 3 aromatic heterocycles. The van der Waals surface area contributed by atoms with E-state index in [0.29, 0.717) is 20.7 Å². The lowest BCUT2D eigenvalue weighted by Gasteiger charge is -2.33. The van der Waals surface area contributed by atoms with Crippen molar-refractivity contribution in [1.29, 1.82) is 0 Å². The zero-order chi connectivity index (χ0) is 22.0. The number of nitrogens with zero attached hydrogens (tertiary/aromatic N) is 5. The Morgan fingerprint density at radius 1 is 1.26 bits per heavy atom. The molecule has 160 valence electrons. The fraction of sp³-hybridized carbons (Fsp3) is 0.222. The number of hydrogen-bond donors (Lipinski definition) is 1. The second kappa shape index (κ2) is 6.99. The highest BCUT2D eigenvalue weighted by Gasteiger charge is 2.42. The molecule has 31 heavy (non-hydrogen) atoms. The minimum Gasteiger partial charge on any atom is -0.415 e. The number of aromatic nitrogens is 3. The number of nitrogens with two attached hydrogens (primary N) is 1. The molecule has 0 aliphatic carbocycles. The number of benzene rings is 1. The Balaban J connectivity index is 1.52. The standard InChI is InChI=1S/C18H15ClN6O3S3/c1-18(7-31(26,27)25(2)17(20)22-18)14-10(19)6-13(30-14)16-24-23-15(28-16)9-3-4-12-11(5-9)21-8-29-12/h3-6,8H,7H2,1-2H3,(H2,20,22)/t18-/m0/s1. The van der Waals surface area contributed by atoms with Gasteiger partial charge in [-0.3, -0.25) is 0 Å². The van der Waals surface area contributed by atoms with Crippen LogP contribution in [-0.2, 0) is 15.6 Å². The van der Waals surface area contributed by atoms with E-state index in [1.54, 1.807) is 29.8 Å². The number of thiazole rings is 1. The van der Waals surface area contributed by atoms with Gasteiger partial charge >= 0.3 is 0 Å². The zero-order valence-electron chi connectivity index (χ0n) is 16.2. The van der Waals surface area contributed by atoms with Crippen molar-refractivity contribution in [3.8, 4) is 22.2 Å². The molecule has 0 radical (unpaired) electrons. The lowest BCUT2D eigenvalue weighted by molar-refractivity contribution is 0.482. The van der Waals surface area contributed by atoms with E-state index in [2.05, 4.69) is 20.2 Å². The first-order valence-electron chi connectivity index (χ1n) is 8.95. The molecule has 0 saturated carbocycles. The highest BCUT2D eigenvalue weighted by molar-refractivity contribution is 7.89. The first-order chi connectivity index (χ1) is 14.7. The van der Waals surface area contributed by atoms with Gasteiger partial charge < -0.3 is 10.2 Å². The Hall–Kier alpha value is -2.54. The molecule has 1 aromatic carbocycles. The predicted octanol–water partition coefficient (Wildman–Crippen LogP) is 3.53. The Bertz CT molecular complexity index is 1460. The third kappa shape index (κ3) is 3.39. The number of halogens is 1. The second-order valence-electron chi connectivity index (χ2n) is 7.20. The molecule has 1 atom stereocenters. The van der Waals surface area contributed by atoms with Crippen LogP contribution >= 0.6 is 34.3 Å². The fourth-order valence-electron chi connectivity index (χ4n) is 3.34. The average molecular weight is 495 g/mol. The summed E-state index contributed by atoms with van der Waals surface area (Å²) in [7, 11) is -2.24. The Labute approximate surface area is 190 Å². The summed E-state index contributed by atoms with van der Waals surface area (Å²) in [6.07, 6.45) is 0. The normalized spacial score (nSPS) is 20.9. The summed E-state index contributed by atoms with van der Waals surface area (Å²) < 4.78 is 32.9. The molecule has 5 rings (SSSR count). The molecule has 4 heterocycles. The smallest absolute Gasteiger partial charge is 0.258 e. The van der Waals surface area contributed by atoms with Crippen molar-refractivity contribution < 1.29 is 12.8 Å². The van der Waals surface area contributed by atoms with Crippen LogP contribution in [0.2, 0.25) is 5.02 Å². The minimum absolute atomic E-state index is 0.0859. The van der Waals surface area contributed by atoms with Gasteiger partial charge in [0.15, 0.2) is 0 Å². The van der Waals surface area contributed by atoms with Crippen molar-refractivity contribution in [2.75, 3.05) is 12.8 Å². The maximum atomic E-state index is 12.5. The number of fused-ring (bicyclic) bond motifs is 1. The van der Waals surface area contributed by atoms with Crippen LogP contribution < -0.4 is 5.73 Å². The lowest BCUT2D eigenvalue weighted by atomic mass is 10.0. The third-order valence-corrected chi connectivity index (χ3v) is 9.50. The van der Waals surface area contributed by atoms with Crippen LogP contribution in [0.25, 0.3) is 32.4 Å². The number of guanidine groups is 1. The molecule has 0 bridgehead atoms. The molecule has 0 amide bonds. The van der Waals surface area contributed by atoms with Gasteiger partial charge in [-0.25, -0.2) is 22.7 Å². The van der Waals surface area contributed by atoms with Gasteiger partial charge in [-0.1, -0.05) is 11.6 Å². The van der Waals surface area contributed by atoms with Crippen molar-refractivity contribution in [1.82, 2.24) is 19.5 Å². The molecule has 1 aliphatic heterocycles. The van der Waals surface area contributed by atoms with Gasteiger partial charge in [0.1, 0.15) is 5.54 Å². The number of rotatable bonds is 3. The maximum Gasteiger partial charge on any atom is 0.258 e. The van der Waals surface area contributed by atoms with Gasteiger partial charge in [0.05, 0.1) is 36.3 Å². The monoisotopic (exact) mass is 494 g/mol. The van der Waals surface area contributed by atoms with E-state index < -0.39 is 15.6 Å². The highest BCUT2D eigenvalue weighted by Crippen LogP contribution is 2.44. The topological polar surface area (TPSA) is 128 Å². The molecule has 9 nitrogen and oxygen atoms in total. The molecule has 13 heteroatoms. The average Bonchev–Trinajstić information content (AvgIpc) is 3.44. The van der Waals surface area contributed by atoms with Crippen molar-refractivity contribution in [3.63, 3.8) is 0 Å². The molecule has 0 fully saturated rings. The molecular formula is C18H15ClN6O3S3. The van der Waals surface area contributed by atoms with Gasteiger partial charge in [0.25, 0.3) is 5.89 Å². The minimum atomic E-state index is -3.61. The zero-order valence-corrected chi connectivity index (χ0v) is 19.4. The van der Waals surface area contributed by atoms with Crippen LogP contribution in [0.4, 0.5) is 0 Å². The quantitative estimate of drug-likeness (QED) is 0.461. The van der Waals surface area contributed by atoms with Crippen molar-refractivity contribution in [2.45, 2.75) is 12.5 Å². The van der Waals surface area contributed by atoms with Gasteiger partial charge in [-0.2, -0.15) is 0 Å². The number of aliphatic imine (C=N–C) groups is 1. The van der Waals surface area contributed by atoms with Crippen LogP contribution in [0, 0.1) is 0 Å². The Morgan fingerprint density at radius 3 is 2.81 bits per heavy atom. The van der Waals surface area contributed by atoms with Crippen LogP contribution in [0.3, 0.4) is 0 Å². The lowest BCUT2D eigenvalue weighted by Crippen LogP contribution is -2.50. The Morgan fingerprint density at radius 2 is 2.03 bits per heavy atom. The molecular weight excluding hydrogens is 480 g/mol. The summed E-state index contributed by atoms with van der Waals surface area (Å²) in [5.74, 6) is 0.297. The van der Waals surface area contributed by atoms with E-state index in [0.717, 1.165) is 20.1 Å². The van der Waals surface area contributed by atoms with Gasteiger partial charge in [-0.15, -0.1) is 32.9 Å². The molecule has 0 spiro atoms. The molecule has 4 aromatic rings. The van der Waals surface area contributed by atoms with Crippen molar-refractivity contribution >= 4 is 60.5 Å². The number of thiophene rings is 1. The summed E-state index contributed by atoms with van der Waals surface area (Å²) in [5, 5.41) is 8.64. The molecule has 1 aliphatic rings. The van der Waals surface area contributed by atoms with Gasteiger partial charge in [0, 0.05) is 12.6 Å². The van der Waals surface area contributed by atoms with E-state index >= 15 is 0 Å². The number of sulfonamides is 1. The summed E-state index contributed by atoms with van der Waals surface area (Å²) in [6, 6.07) is 7.41. The summed E-state index contributed by atoms with van der Waals surface area (Å²) in [4.78, 5) is 9.88. The van der Waals surface area contributed by atoms with E-state index in [4.69, 9.17) is 21.8 Å². The van der Waals surface area contributed by atoms with Crippen LogP contribution in [0.1, 0.15) is 11.8 Å². The largest absolute Gasteiger partial charge is 0.415 e. The van der Waals surface area contributed by atoms with E-state index in [-0.39, 0.29) is 17.6 Å². The van der Waals surface area contributed by atoms with Gasteiger partial charge in [-0.05, 0) is 31.2 Å². The van der Waals surface area contributed by atoms with Crippen molar-refractivity contribution in [3.05, 3.63) is 39.7 Å². The molecule has 0 saturated heterocycles. The van der Waals surface area contributed by atoms with Gasteiger partial charge in [0.2, 0.25) is 21.9 Å².